The van der Waals surface area contributed by atoms with Gasteiger partial charge >= 0.3 is 0 Å². The highest BCUT2D eigenvalue weighted by Crippen LogP contribution is 2.41. The van der Waals surface area contributed by atoms with Crippen molar-refractivity contribution in [3.8, 4) is 0 Å². The number of anilines is 1. The minimum Gasteiger partial charge on any atom is -0.385 e. The standard InChI is InChI=1S/C14H14FIN2/c1-2-17-12-7-11(8-3-4-8)18-14-9(12)5-6-10(15)13(14)16/h5-8H,2-4H2,1H3,(H,17,18). The second kappa shape index (κ2) is 4.64. The molecule has 1 aliphatic rings. The van der Waals surface area contributed by atoms with Gasteiger partial charge in [0.2, 0.25) is 0 Å². The molecular weight excluding hydrogens is 342 g/mol. The summed E-state index contributed by atoms with van der Waals surface area (Å²) < 4.78 is 14.3. The number of rotatable bonds is 3. The van der Waals surface area contributed by atoms with Gasteiger partial charge in [0.15, 0.2) is 0 Å². The normalized spacial score (nSPS) is 15.1. The van der Waals surface area contributed by atoms with Crippen LogP contribution in [0.25, 0.3) is 10.9 Å². The van der Waals surface area contributed by atoms with Crippen molar-refractivity contribution in [2.45, 2.75) is 25.7 Å². The Morgan fingerprint density at radius 3 is 2.89 bits per heavy atom. The Morgan fingerprint density at radius 2 is 2.22 bits per heavy atom. The van der Waals surface area contributed by atoms with Crippen LogP contribution in [-0.4, -0.2) is 11.5 Å². The number of hydrogen-bond acceptors (Lipinski definition) is 2. The number of halogens is 2. The van der Waals surface area contributed by atoms with E-state index in [1.165, 1.54) is 18.9 Å². The first-order valence-electron chi connectivity index (χ1n) is 6.23. The lowest BCUT2D eigenvalue weighted by Gasteiger charge is -2.11. The van der Waals surface area contributed by atoms with E-state index in [4.69, 9.17) is 0 Å². The fourth-order valence-corrected chi connectivity index (χ4v) is 2.77. The fourth-order valence-electron chi connectivity index (χ4n) is 2.18. The molecule has 1 heterocycles. The molecule has 1 saturated carbocycles. The third-order valence-corrected chi connectivity index (χ3v) is 4.28. The molecule has 1 aromatic heterocycles. The van der Waals surface area contributed by atoms with Crippen LogP contribution in [-0.2, 0) is 0 Å². The maximum Gasteiger partial charge on any atom is 0.138 e. The van der Waals surface area contributed by atoms with Gasteiger partial charge in [0, 0.05) is 29.2 Å². The van der Waals surface area contributed by atoms with Gasteiger partial charge in [-0.2, -0.15) is 0 Å². The van der Waals surface area contributed by atoms with E-state index in [1.807, 2.05) is 28.7 Å². The van der Waals surface area contributed by atoms with Crippen LogP contribution >= 0.6 is 22.6 Å². The Balaban J connectivity index is 2.26. The topological polar surface area (TPSA) is 24.9 Å². The van der Waals surface area contributed by atoms with Gasteiger partial charge in [-0.15, -0.1) is 0 Å². The highest BCUT2D eigenvalue weighted by molar-refractivity contribution is 14.1. The largest absolute Gasteiger partial charge is 0.385 e. The minimum absolute atomic E-state index is 0.189. The molecule has 1 fully saturated rings. The number of fused-ring (bicyclic) bond motifs is 1. The van der Waals surface area contributed by atoms with Gasteiger partial charge in [0.1, 0.15) is 5.82 Å². The monoisotopic (exact) mass is 356 g/mol. The highest BCUT2D eigenvalue weighted by Gasteiger charge is 2.26. The quantitative estimate of drug-likeness (QED) is 0.830. The van der Waals surface area contributed by atoms with Crippen LogP contribution in [0.3, 0.4) is 0 Å². The van der Waals surface area contributed by atoms with Crippen LogP contribution in [0.1, 0.15) is 31.4 Å². The molecule has 0 atom stereocenters. The van der Waals surface area contributed by atoms with Gasteiger partial charge in [-0.3, -0.25) is 4.98 Å². The molecule has 1 aromatic carbocycles. The zero-order valence-electron chi connectivity index (χ0n) is 10.1. The third kappa shape index (κ3) is 2.06. The van der Waals surface area contributed by atoms with Crippen LogP contribution in [0.5, 0.6) is 0 Å². The number of benzene rings is 1. The lowest BCUT2D eigenvalue weighted by atomic mass is 10.1. The van der Waals surface area contributed by atoms with Crippen LogP contribution in [0.2, 0.25) is 0 Å². The summed E-state index contributed by atoms with van der Waals surface area (Å²) in [5, 5.41) is 4.36. The molecule has 0 saturated heterocycles. The fraction of sp³-hybridized carbons (Fsp3) is 0.357. The van der Waals surface area contributed by atoms with Crippen molar-refractivity contribution in [1.29, 1.82) is 0 Å². The summed E-state index contributed by atoms with van der Waals surface area (Å²) >= 11 is 2.04. The van der Waals surface area contributed by atoms with Crippen LogP contribution in [0.15, 0.2) is 18.2 Å². The molecule has 2 aromatic rings. The molecule has 1 N–H and O–H groups in total. The van der Waals surface area contributed by atoms with Crippen molar-refractivity contribution in [1.82, 2.24) is 4.98 Å². The zero-order valence-corrected chi connectivity index (χ0v) is 12.3. The molecule has 0 bridgehead atoms. The Kier molecular flexibility index (Phi) is 3.13. The molecular formula is C14H14FIN2. The van der Waals surface area contributed by atoms with Gasteiger partial charge in [-0.1, -0.05) is 0 Å². The predicted molar refractivity (Wildman–Crippen MR) is 80.6 cm³/mol. The van der Waals surface area contributed by atoms with Gasteiger partial charge in [0.25, 0.3) is 0 Å². The van der Waals surface area contributed by atoms with Crippen LogP contribution in [0.4, 0.5) is 10.1 Å². The van der Waals surface area contributed by atoms with E-state index in [9.17, 15) is 4.39 Å². The molecule has 4 heteroatoms. The molecule has 0 radical (unpaired) electrons. The van der Waals surface area contributed by atoms with Gasteiger partial charge in [0.05, 0.1) is 9.09 Å². The summed E-state index contributed by atoms with van der Waals surface area (Å²) in [6.07, 6.45) is 2.41. The van der Waals surface area contributed by atoms with Crippen molar-refractivity contribution in [3.05, 3.63) is 33.3 Å². The van der Waals surface area contributed by atoms with E-state index < -0.39 is 0 Å². The summed E-state index contributed by atoms with van der Waals surface area (Å²) in [7, 11) is 0. The second-order valence-electron chi connectivity index (χ2n) is 4.66. The SMILES string of the molecule is CCNc1cc(C2CC2)nc2c(I)c(F)ccc12. The lowest BCUT2D eigenvalue weighted by Crippen LogP contribution is -2.01. The van der Waals surface area contributed by atoms with E-state index in [0.717, 1.165) is 28.8 Å². The average molecular weight is 356 g/mol. The zero-order chi connectivity index (χ0) is 12.7. The Hall–Kier alpha value is -0.910. The number of pyridine rings is 1. The van der Waals surface area contributed by atoms with Crippen molar-refractivity contribution < 1.29 is 4.39 Å². The van der Waals surface area contributed by atoms with Crippen LogP contribution < -0.4 is 5.32 Å². The van der Waals surface area contributed by atoms with E-state index in [2.05, 4.69) is 23.3 Å². The molecule has 94 valence electrons. The molecule has 0 spiro atoms. The third-order valence-electron chi connectivity index (χ3n) is 3.26. The first-order chi connectivity index (χ1) is 8.70. The smallest absolute Gasteiger partial charge is 0.138 e. The van der Waals surface area contributed by atoms with E-state index in [0.29, 0.717) is 9.49 Å². The Labute approximate surface area is 119 Å². The minimum atomic E-state index is -0.189. The van der Waals surface area contributed by atoms with Gasteiger partial charge in [-0.25, -0.2) is 4.39 Å². The molecule has 0 aliphatic heterocycles. The second-order valence-corrected chi connectivity index (χ2v) is 5.74. The maximum atomic E-state index is 13.6. The van der Waals surface area contributed by atoms with Crippen molar-refractivity contribution >= 4 is 39.2 Å². The number of nitrogens with zero attached hydrogens (tertiary/aromatic N) is 1. The average Bonchev–Trinajstić information content (AvgIpc) is 3.18. The summed E-state index contributed by atoms with van der Waals surface area (Å²) in [5.41, 5.74) is 2.96. The van der Waals surface area contributed by atoms with Gasteiger partial charge in [-0.05, 0) is 60.6 Å². The molecule has 0 unspecified atom stereocenters. The van der Waals surface area contributed by atoms with Crippen molar-refractivity contribution in [2.24, 2.45) is 0 Å². The Morgan fingerprint density at radius 1 is 1.44 bits per heavy atom. The first kappa shape index (κ1) is 12.1. The molecule has 3 rings (SSSR count). The summed E-state index contributed by atoms with van der Waals surface area (Å²) in [5.74, 6) is 0.386. The molecule has 2 nitrogen and oxygen atoms in total. The summed E-state index contributed by atoms with van der Waals surface area (Å²) in [4.78, 5) is 4.65. The number of aromatic nitrogens is 1. The van der Waals surface area contributed by atoms with E-state index in [1.54, 1.807) is 0 Å². The maximum absolute atomic E-state index is 13.6. The lowest BCUT2D eigenvalue weighted by molar-refractivity contribution is 0.622. The van der Waals surface area contributed by atoms with Crippen molar-refractivity contribution in [3.63, 3.8) is 0 Å². The summed E-state index contributed by atoms with van der Waals surface area (Å²) in [6.45, 7) is 2.93. The molecule has 0 amide bonds. The van der Waals surface area contributed by atoms with E-state index in [-0.39, 0.29) is 5.82 Å². The van der Waals surface area contributed by atoms with E-state index >= 15 is 0 Å². The number of nitrogens with one attached hydrogen (secondary N) is 1. The highest BCUT2D eigenvalue weighted by atomic mass is 127. The Bertz CT molecular complexity index is 608. The van der Waals surface area contributed by atoms with Crippen molar-refractivity contribution in [2.75, 3.05) is 11.9 Å². The molecule has 18 heavy (non-hydrogen) atoms. The predicted octanol–water partition coefficient (Wildman–Crippen LogP) is 4.29. The summed E-state index contributed by atoms with van der Waals surface area (Å²) in [6, 6.07) is 5.45. The molecule has 1 aliphatic carbocycles. The number of hydrogen-bond donors (Lipinski definition) is 1. The van der Waals surface area contributed by atoms with Gasteiger partial charge < -0.3 is 5.32 Å². The van der Waals surface area contributed by atoms with Crippen LogP contribution in [0, 0.1) is 9.39 Å². The first-order valence-corrected chi connectivity index (χ1v) is 7.31.